The Morgan fingerprint density at radius 3 is 2.35 bits per heavy atom. The van der Waals surface area contributed by atoms with Crippen molar-refractivity contribution in [1.29, 1.82) is 0 Å². The predicted molar refractivity (Wildman–Crippen MR) is 120 cm³/mol. The van der Waals surface area contributed by atoms with Gasteiger partial charge in [0.05, 0.1) is 5.71 Å². The molecular weight excluding hydrogens is 322 g/mol. The van der Waals surface area contributed by atoms with Crippen LogP contribution in [0.15, 0.2) is 34.8 Å². The molecule has 0 radical (unpaired) electrons. The van der Waals surface area contributed by atoms with Gasteiger partial charge in [0.1, 0.15) is 0 Å². The van der Waals surface area contributed by atoms with Gasteiger partial charge in [-0.3, -0.25) is 9.98 Å². The number of aryl methyl sites for hydroxylation is 1. The molecule has 4 heteroatoms. The molecule has 0 aliphatic carbocycles. The second kappa shape index (κ2) is 16.5. The highest BCUT2D eigenvalue weighted by Gasteiger charge is 2.08. The van der Waals surface area contributed by atoms with Gasteiger partial charge >= 0.3 is 0 Å². The van der Waals surface area contributed by atoms with Gasteiger partial charge < -0.3 is 10.5 Å². The fourth-order valence-corrected chi connectivity index (χ4v) is 1.93. The first kappa shape index (κ1) is 26.3. The van der Waals surface area contributed by atoms with Crippen LogP contribution in [0.5, 0.6) is 0 Å². The smallest absolute Gasteiger partial charge is 0.0822 e. The van der Waals surface area contributed by atoms with Gasteiger partial charge in [-0.2, -0.15) is 0 Å². The lowest BCUT2D eigenvalue weighted by Gasteiger charge is -2.09. The molecule has 1 rings (SSSR count). The lowest BCUT2D eigenvalue weighted by Crippen LogP contribution is -2.05. The molecule has 0 unspecified atom stereocenters. The molecule has 0 amide bonds. The highest BCUT2D eigenvalue weighted by atomic mass is 16.5. The number of rotatable bonds is 7. The molecular formula is C22H39N3O. The zero-order chi connectivity index (χ0) is 20.5. The van der Waals surface area contributed by atoms with Crippen LogP contribution in [0.1, 0.15) is 52.2 Å². The molecule has 0 saturated carbocycles. The van der Waals surface area contributed by atoms with Crippen LogP contribution < -0.4 is 5.73 Å². The van der Waals surface area contributed by atoms with E-state index >= 15 is 0 Å². The second-order valence-electron chi connectivity index (χ2n) is 5.94. The molecule has 4 nitrogen and oxygen atoms in total. The SMILES string of the molecule is C=C(C(C=NC)=NC)c1cc(C)ccc1N.CC.CCOCCC(C)C. The van der Waals surface area contributed by atoms with E-state index < -0.39 is 0 Å². The summed E-state index contributed by atoms with van der Waals surface area (Å²) < 4.78 is 5.14. The third kappa shape index (κ3) is 11.6. The van der Waals surface area contributed by atoms with Crippen molar-refractivity contribution in [2.45, 2.75) is 48.0 Å². The maximum atomic E-state index is 5.92. The summed E-state index contributed by atoms with van der Waals surface area (Å²) >= 11 is 0. The lowest BCUT2D eigenvalue weighted by molar-refractivity contribution is 0.136. The predicted octanol–water partition coefficient (Wildman–Crippen LogP) is 5.46. The van der Waals surface area contributed by atoms with Gasteiger partial charge in [-0.25, -0.2) is 0 Å². The molecule has 0 spiro atoms. The Balaban J connectivity index is 0. The van der Waals surface area contributed by atoms with E-state index in [-0.39, 0.29) is 0 Å². The van der Waals surface area contributed by atoms with Gasteiger partial charge in [-0.1, -0.05) is 45.9 Å². The summed E-state index contributed by atoms with van der Waals surface area (Å²) in [5.74, 6) is 0.779. The van der Waals surface area contributed by atoms with Crippen LogP contribution >= 0.6 is 0 Å². The average Bonchev–Trinajstić information content (AvgIpc) is 2.63. The number of benzene rings is 1. The van der Waals surface area contributed by atoms with Crippen molar-refractivity contribution < 1.29 is 4.74 Å². The second-order valence-corrected chi connectivity index (χ2v) is 5.94. The van der Waals surface area contributed by atoms with Crippen molar-refractivity contribution in [3.8, 4) is 0 Å². The minimum Gasteiger partial charge on any atom is -0.398 e. The molecule has 26 heavy (non-hydrogen) atoms. The van der Waals surface area contributed by atoms with Crippen LogP contribution in [0.4, 0.5) is 5.69 Å². The van der Waals surface area contributed by atoms with Crippen molar-refractivity contribution in [3.63, 3.8) is 0 Å². The molecule has 0 atom stereocenters. The molecule has 2 N–H and O–H groups in total. The average molecular weight is 362 g/mol. The highest BCUT2D eigenvalue weighted by molar-refractivity contribution is 6.50. The Morgan fingerprint density at radius 2 is 1.88 bits per heavy atom. The number of ether oxygens (including phenoxy) is 1. The normalized spacial score (nSPS) is 10.9. The van der Waals surface area contributed by atoms with Crippen molar-refractivity contribution in [2.75, 3.05) is 33.0 Å². The first-order chi connectivity index (χ1) is 12.4. The molecule has 0 saturated heterocycles. The number of allylic oxidation sites excluding steroid dienone is 1. The minimum absolute atomic E-state index is 0.709. The first-order valence-electron chi connectivity index (χ1n) is 9.39. The van der Waals surface area contributed by atoms with Gasteiger partial charge in [0, 0.05) is 50.3 Å². The molecule has 0 heterocycles. The fraction of sp³-hybridized carbons (Fsp3) is 0.545. The number of hydrogen-bond donors (Lipinski definition) is 1. The summed E-state index contributed by atoms with van der Waals surface area (Å²) in [6.45, 7) is 18.3. The number of aliphatic imine (C=N–C) groups is 2. The Labute approximate surface area is 161 Å². The van der Waals surface area contributed by atoms with Crippen molar-refractivity contribution >= 4 is 23.2 Å². The van der Waals surface area contributed by atoms with Crippen molar-refractivity contribution in [2.24, 2.45) is 15.9 Å². The van der Waals surface area contributed by atoms with E-state index in [1.807, 2.05) is 45.9 Å². The van der Waals surface area contributed by atoms with E-state index in [1.54, 1.807) is 20.3 Å². The van der Waals surface area contributed by atoms with E-state index in [9.17, 15) is 0 Å². The number of nitrogens with two attached hydrogens (primary N) is 1. The van der Waals surface area contributed by atoms with E-state index in [1.165, 1.54) is 6.42 Å². The van der Waals surface area contributed by atoms with Gasteiger partial charge in [-0.05, 0) is 38.3 Å². The topological polar surface area (TPSA) is 60.0 Å². The number of hydrogen-bond acceptors (Lipinski definition) is 4. The Hall–Kier alpha value is -1.94. The quantitative estimate of drug-likeness (QED) is 0.398. The highest BCUT2D eigenvalue weighted by Crippen LogP contribution is 2.22. The van der Waals surface area contributed by atoms with Crippen LogP contribution in [0.25, 0.3) is 5.57 Å². The van der Waals surface area contributed by atoms with E-state index in [0.29, 0.717) is 5.69 Å². The molecule has 0 fully saturated rings. The summed E-state index contributed by atoms with van der Waals surface area (Å²) in [5.41, 5.74) is 10.2. The maximum Gasteiger partial charge on any atom is 0.0822 e. The number of nitrogen functional groups attached to an aromatic ring is 1. The Bertz CT molecular complexity index is 561. The van der Waals surface area contributed by atoms with Crippen LogP contribution in [-0.2, 0) is 4.74 Å². The molecule has 1 aromatic carbocycles. The Kier molecular flexibility index (Phi) is 16.7. The van der Waals surface area contributed by atoms with Crippen molar-refractivity contribution in [3.05, 3.63) is 35.9 Å². The summed E-state index contributed by atoms with van der Waals surface area (Å²) in [4.78, 5) is 8.09. The van der Waals surface area contributed by atoms with Crippen LogP contribution in [0.2, 0.25) is 0 Å². The summed E-state index contributed by atoms with van der Waals surface area (Å²) in [6, 6.07) is 5.86. The zero-order valence-corrected chi connectivity index (χ0v) is 18.1. The minimum atomic E-state index is 0.709. The van der Waals surface area contributed by atoms with E-state index in [4.69, 9.17) is 10.5 Å². The van der Waals surface area contributed by atoms with Gasteiger partial charge in [0.2, 0.25) is 0 Å². The molecule has 148 valence electrons. The van der Waals surface area contributed by atoms with Gasteiger partial charge in [-0.15, -0.1) is 0 Å². The van der Waals surface area contributed by atoms with Gasteiger partial charge in [0.15, 0.2) is 0 Å². The van der Waals surface area contributed by atoms with E-state index in [0.717, 1.165) is 41.5 Å². The van der Waals surface area contributed by atoms with Crippen LogP contribution in [0, 0.1) is 12.8 Å². The van der Waals surface area contributed by atoms with Gasteiger partial charge in [0.25, 0.3) is 0 Å². The molecule has 0 aromatic heterocycles. The van der Waals surface area contributed by atoms with Crippen molar-refractivity contribution in [1.82, 2.24) is 0 Å². The monoisotopic (exact) mass is 361 g/mol. The summed E-state index contributed by atoms with van der Waals surface area (Å²) in [7, 11) is 3.42. The number of anilines is 1. The maximum absolute atomic E-state index is 5.92. The standard InChI is InChI=1S/C13H17N3.C7H16O.C2H6/c1-9-5-6-12(14)11(7-9)10(2)13(16-4)8-15-3;1-4-8-6-5-7(2)3;1-2/h5-8H,2,14H2,1,3-4H3;7H,4-6H2,1-3H3;1-2H3. The lowest BCUT2D eigenvalue weighted by atomic mass is 9.99. The summed E-state index contributed by atoms with van der Waals surface area (Å²) in [6.07, 6.45) is 2.87. The summed E-state index contributed by atoms with van der Waals surface area (Å²) in [5, 5.41) is 0. The largest absolute Gasteiger partial charge is 0.398 e. The molecule has 0 aliphatic heterocycles. The third-order valence-corrected chi connectivity index (χ3v) is 3.38. The molecule has 0 bridgehead atoms. The number of nitrogens with zero attached hydrogens (tertiary/aromatic N) is 2. The Morgan fingerprint density at radius 1 is 1.27 bits per heavy atom. The molecule has 1 aromatic rings. The zero-order valence-electron chi connectivity index (χ0n) is 18.1. The fourth-order valence-electron chi connectivity index (χ4n) is 1.93. The molecule has 0 aliphatic rings. The third-order valence-electron chi connectivity index (χ3n) is 3.38. The van der Waals surface area contributed by atoms with Crippen LogP contribution in [0.3, 0.4) is 0 Å². The van der Waals surface area contributed by atoms with E-state index in [2.05, 4.69) is 30.4 Å². The first-order valence-corrected chi connectivity index (χ1v) is 9.39. The van der Waals surface area contributed by atoms with Crippen LogP contribution in [-0.4, -0.2) is 39.2 Å².